The van der Waals surface area contributed by atoms with Crippen LogP contribution in [0.4, 0.5) is 0 Å². The first-order valence-electron chi connectivity index (χ1n) is 3.95. The van der Waals surface area contributed by atoms with E-state index >= 15 is 0 Å². The van der Waals surface area contributed by atoms with Crippen molar-refractivity contribution in [1.29, 1.82) is 0 Å². The van der Waals surface area contributed by atoms with Gasteiger partial charge in [-0.15, -0.1) is 0 Å². The van der Waals surface area contributed by atoms with Crippen LogP contribution in [0.1, 0.15) is 15.9 Å². The zero-order chi connectivity index (χ0) is 9.97. The zero-order valence-electron chi connectivity index (χ0n) is 7.11. The average molecular weight is 268 g/mol. The molecule has 0 aromatic carbocycles. The maximum Gasteiger partial charge on any atom is 0.196 e. The number of aromatic nitrogens is 1. The maximum absolute atomic E-state index is 11.9. The standard InChI is InChI=1S/C10H6BrNOS/c11-9-6-14-5-8(9)10(13)7-2-1-3-12-4-7/h1-6H. The fraction of sp³-hybridized carbons (Fsp3) is 0. The van der Waals surface area contributed by atoms with Gasteiger partial charge < -0.3 is 0 Å². The van der Waals surface area contributed by atoms with E-state index in [0.717, 1.165) is 4.47 Å². The minimum atomic E-state index is 0.00576. The summed E-state index contributed by atoms with van der Waals surface area (Å²) < 4.78 is 0.844. The molecule has 14 heavy (non-hydrogen) atoms. The number of pyridine rings is 1. The molecule has 0 bridgehead atoms. The molecule has 70 valence electrons. The summed E-state index contributed by atoms with van der Waals surface area (Å²) in [6, 6.07) is 3.52. The molecule has 2 heterocycles. The Labute approximate surface area is 93.7 Å². The molecule has 0 saturated heterocycles. The van der Waals surface area contributed by atoms with Gasteiger partial charge in [0.15, 0.2) is 5.78 Å². The van der Waals surface area contributed by atoms with Crippen LogP contribution in [0.25, 0.3) is 0 Å². The Kier molecular flexibility index (Phi) is 2.74. The summed E-state index contributed by atoms with van der Waals surface area (Å²) in [5, 5.41) is 3.73. The summed E-state index contributed by atoms with van der Waals surface area (Å²) in [6.07, 6.45) is 3.23. The minimum Gasteiger partial charge on any atom is -0.288 e. The lowest BCUT2D eigenvalue weighted by atomic mass is 10.1. The van der Waals surface area contributed by atoms with E-state index in [2.05, 4.69) is 20.9 Å². The molecule has 0 aliphatic heterocycles. The van der Waals surface area contributed by atoms with Gasteiger partial charge in [0.1, 0.15) is 0 Å². The Balaban J connectivity index is 2.39. The number of halogens is 1. The number of ketones is 1. The highest BCUT2D eigenvalue weighted by atomic mass is 79.9. The fourth-order valence-electron chi connectivity index (χ4n) is 1.10. The van der Waals surface area contributed by atoms with Crippen molar-refractivity contribution in [3.05, 3.63) is 50.9 Å². The second-order valence-corrected chi connectivity index (χ2v) is 4.30. The van der Waals surface area contributed by atoms with E-state index in [-0.39, 0.29) is 5.78 Å². The smallest absolute Gasteiger partial charge is 0.196 e. The maximum atomic E-state index is 11.9. The molecule has 0 atom stereocenters. The molecule has 0 aliphatic rings. The molecule has 0 amide bonds. The number of carbonyl (C=O) groups is 1. The van der Waals surface area contributed by atoms with Gasteiger partial charge in [0.05, 0.1) is 0 Å². The predicted molar refractivity (Wildman–Crippen MR) is 59.7 cm³/mol. The number of rotatable bonds is 2. The van der Waals surface area contributed by atoms with Crippen LogP contribution < -0.4 is 0 Å². The van der Waals surface area contributed by atoms with Gasteiger partial charge in [-0.1, -0.05) is 0 Å². The second-order valence-electron chi connectivity index (χ2n) is 2.70. The number of hydrogen-bond acceptors (Lipinski definition) is 3. The van der Waals surface area contributed by atoms with E-state index in [4.69, 9.17) is 0 Å². The van der Waals surface area contributed by atoms with Crippen LogP contribution in [0.5, 0.6) is 0 Å². The van der Waals surface area contributed by atoms with E-state index in [1.807, 2.05) is 10.8 Å². The summed E-state index contributed by atoms with van der Waals surface area (Å²) in [5.74, 6) is 0.00576. The molecule has 0 N–H and O–H groups in total. The molecule has 2 rings (SSSR count). The number of hydrogen-bond donors (Lipinski definition) is 0. The molecular weight excluding hydrogens is 262 g/mol. The largest absolute Gasteiger partial charge is 0.288 e. The van der Waals surface area contributed by atoms with Crippen molar-refractivity contribution in [1.82, 2.24) is 4.98 Å². The molecule has 0 unspecified atom stereocenters. The summed E-state index contributed by atoms with van der Waals surface area (Å²) in [5.41, 5.74) is 1.31. The fourth-order valence-corrected chi connectivity index (χ4v) is 2.55. The van der Waals surface area contributed by atoms with Gasteiger partial charge in [0.25, 0.3) is 0 Å². The number of nitrogens with zero attached hydrogens (tertiary/aromatic N) is 1. The van der Waals surface area contributed by atoms with Crippen LogP contribution in [0.15, 0.2) is 39.8 Å². The Morgan fingerprint density at radius 2 is 2.29 bits per heavy atom. The number of carbonyl (C=O) groups excluding carboxylic acids is 1. The monoisotopic (exact) mass is 267 g/mol. The first kappa shape index (κ1) is 9.55. The first-order valence-corrected chi connectivity index (χ1v) is 5.69. The molecule has 0 fully saturated rings. The van der Waals surface area contributed by atoms with Gasteiger partial charge in [0.2, 0.25) is 0 Å². The van der Waals surface area contributed by atoms with Crippen LogP contribution >= 0.6 is 27.3 Å². The lowest BCUT2D eigenvalue weighted by molar-refractivity contribution is 0.103. The van der Waals surface area contributed by atoms with Gasteiger partial charge >= 0.3 is 0 Å². The van der Waals surface area contributed by atoms with Crippen molar-refractivity contribution in [2.75, 3.05) is 0 Å². The Hall–Kier alpha value is -1.00. The minimum absolute atomic E-state index is 0.00576. The Bertz CT molecular complexity index is 452. The Morgan fingerprint density at radius 3 is 2.86 bits per heavy atom. The quantitative estimate of drug-likeness (QED) is 0.783. The third-order valence-electron chi connectivity index (χ3n) is 1.78. The van der Waals surface area contributed by atoms with E-state index in [0.29, 0.717) is 11.1 Å². The number of thiophene rings is 1. The second kappa shape index (κ2) is 4.02. The van der Waals surface area contributed by atoms with Crippen molar-refractivity contribution < 1.29 is 4.79 Å². The summed E-state index contributed by atoms with van der Waals surface area (Å²) in [4.78, 5) is 15.8. The molecular formula is C10H6BrNOS. The van der Waals surface area contributed by atoms with Crippen LogP contribution in [0.2, 0.25) is 0 Å². The van der Waals surface area contributed by atoms with Crippen molar-refractivity contribution >= 4 is 33.0 Å². The van der Waals surface area contributed by atoms with Crippen molar-refractivity contribution in [3.8, 4) is 0 Å². The lowest BCUT2D eigenvalue weighted by Crippen LogP contribution is -2.00. The van der Waals surface area contributed by atoms with Crippen LogP contribution in [-0.4, -0.2) is 10.8 Å². The highest BCUT2D eigenvalue weighted by Gasteiger charge is 2.12. The first-order chi connectivity index (χ1) is 6.79. The van der Waals surface area contributed by atoms with Crippen molar-refractivity contribution in [2.24, 2.45) is 0 Å². The topological polar surface area (TPSA) is 30.0 Å². The lowest BCUT2D eigenvalue weighted by Gasteiger charge is -1.97. The van der Waals surface area contributed by atoms with Crippen molar-refractivity contribution in [2.45, 2.75) is 0 Å². The summed E-state index contributed by atoms with van der Waals surface area (Å²) in [7, 11) is 0. The predicted octanol–water partition coefficient (Wildman–Crippen LogP) is 3.14. The Morgan fingerprint density at radius 1 is 1.43 bits per heavy atom. The van der Waals surface area contributed by atoms with E-state index in [1.54, 1.807) is 24.5 Å². The van der Waals surface area contributed by atoms with Crippen LogP contribution in [0, 0.1) is 0 Å². The van der Waals surface area contributed by atoms with Gasteiger partial charge in [-0.3, -0.25) is 9.78 Å². The van der Waals surface area contributed by atoms with Gasteiger partial charge in [0, 0.05) is 38.8 Å². The van der Waals surface area contributed by atoms with Gasteiger partial charge in [-0.2, -0.15) is 11.3 Å². The van der Waals surface area contributed by atoms with Crippen molar-refractivity contribution in [3.63, 3.8) is 0 Å². The molecule has 2 aromatic rings. The normalized spacial score (nSPS) is 10.1. The highest BCUT2D eigenvalue weighted by molar-refractivity contribution is 9.10. The van der Waals surface area contributed by atoms with E-state index < -0.39 is 0 Å². The van der Waals surface area contributed by atoms with Crippen LogP contribution in [-0.2, 0) is 0 Å². The molecule has 0 saturated carbocycles. The molecule has 0 spiro atoms. The summed E-state index contributed by atoms with van der Waals surface area (Å²) >= 11 is 4.83. The molecule has 0 aliphatic carbocycles. The van der Waals surface area contributed by atoms with E-state index in [1.165, 1.54) is 11.3 Å². The third kappa shape index (κ3) is 1.76. The SMILES string of the molecule is O=C(c1cccnc1)c1cscc1Br. The molecule has 4 heteroatoms. The zero-order valence-corrected chi connectivity index (χ0v) is 9.51. The average Bonchev–Trinajstić information content (AvgIpc) is 2.65. The molecule has 2 aromatic heterocycles. The third-order valence-corrected chi connectivity index (χ3v) is 3.49. The highest BCUT2D eigenvalue weighted by Crippen LogP contribution is 2.23. The molecule has 0 radical (unpaired) electrons. The van der Waals surface area contributed by atoms with Crippen LogP contribution in [0.3, 0.4) is 0 Å². The van der Waals surface area contributed by atoms with Gasteiger partial charge in [-0.25, -0.2) is 0 Å². The van der Waals surface area contributed by atoms with Gasteiger partial charge in [-0.05, 0) is 28.1 Å². The summed E-state index contributed by atoms with van der Waals surface area (Å²) in [6.45, 7) is 0. The van der Waals surface area contributed by atoms with E-state index in [9.17, 15) is 4.79 Å². The molecule has 2 nitrogen and oxygen atoms in total.